The molecule has 1 aliphatic heterocycles. The van der Waals surface area contributed by atoms with Crippen molar-refractivity contribution in [1.29, 1.82) is 0 Å². The Labute approximate surface area is 78.8 Å². The quantitative estimate of drug-likeness (QED) is 0.559. The number of hydrogen-bond acceptors (Lipinski definition) is 1. The third-order valence-corrected chi connectivity index (χ3v) is 3.12. The monoisotopic (exact) mass is 180 g/mol. The normalized spacial score (nSPS) is 31.6. The fourth-order valence-corrected chi connectivity index (χ4v) is 2.34. The van der Waals surface area contributed by atoms with Crippen molar-refractivity contribution in [2.45, 2.75) is 12.8 Å². The zero-order valence-corrected chi connectivity index (χ0v) is 7.99. The number of urea groups is 1. The highest BCUT2D eigenvalue weighted by Crippen LogP contribution is 2.32. The van der Waals surface area contributed by atoms with Crippen molar-refractivity contribution in [2.75, 3.05) is 20.1 Å². The molecule has 1 heterocycles. The van der Waals surface area contributed by atoms with Gasteiger partial charge in [0.1, 0.15) is 0 Å². The van der Waals surface area contributed by atoms with Crippen LogP contribution in [0.15, 0.2) is 12.2 Å². The molecule has 2 aliphatic rings. The van der Waals surface area contributed by atoms with E-state index in [2.05, 4.69) is 17.5 Å². The van der Waals surface area contributed by atoms with Gasteiger partial charge in [-0.1, -0.05) is 12.2 Å². The number of likely N-dealkylation sites (tertiary alicyclic amines) is 1. The van der Waals surface area contributed by atoms with Gasteiger partial charge in [-0.05, 0) is 24.7 Å². The highest BCUT2D eigenvalue weighted by Gasteiger charge is 2.34. The molecule has 0 aromatic carbocycles. The van der Waals surface area contributed by atoms with Gasteiger partial charge in [0.15, 0.2) is 0 Å². The first-order valence-electron chi connectivity index (χ1n) is 4.93. The summed E-state index contributed by atoms with van der Waals surface area (Å²) < 4.78 is 0. The number of fused-ring (bicyclic) bond motifs is 1. The number of rotatable bonds is 0. The number of hydrogen-bond donors (Lipinski definition) is 1. The predicted octanol–water partition coefficient (Wildman–Crippen LogP) is 1.22. The van der Waals surface area contributed by atoms with Crippen LogP contribution in [0, 0.1) is 11.8 Å². The summed E-state index contributed by atoms with van der Waals surface area (Å²) in [5.41, 5.74) is 0. The van der Waals surface area contributed by atoms with Crippen LogP contribution < -0.4 is 5.32 Å². The van der Waals surface area contributed by atoms with E-state index in [0.717, 1.165) is 25.9 Å². The number of nitrogens with one attached hydrogen (secondary N) is 1. The molecule has 3 nitrogen and oxygen atoms in total. The molecule has 1 N–H and O–H groups in total. The number of nitrogens with zero attached hydrogens (tertiary/aromatic N) is 1. The molecule has 2 unspecified atom stereocenters. The standard InChI is InChI=1S/C10H16N2O/c1-11-10(13)12-6-8-4-2-3-5-9(8)7-12/h2-3,8-9H,4-7H2,1H3,(H,11,13). The topological polar surface area (TPSA) is 32.3 Å². The lowest BCUT2D eigenvalue weighted by Crippen LogP contribution is -2.36. The molecule has 0 aromatic rings. The Balaban J connectivity index is 1.98. The molecule has 0 spiro atoms. The van der Waals surface area contributed by atoms with Gasteiger partial charge in [0, 0.05) is 20.1 Å². The van der Waals surface area contributed by atoms with Crippen molar-refractivity contribution >= 4 is 6.03 Å². The summed E-state index contributed by atoms with van der Waals surface area (Å²) in [5, 5.41) is 2.68. The summed E-state index contributed by atoms with van der Waals surface area (Å²) in [5.74, 6) is 1.42. The zero-order valence-electron chi connectivity index (χ0n) is 7.99. The van der Waals surface area contributed by atoms with E-state index in [-0.39, 0.29) is 6.03 Å². The molecule has 0 saturated carbocycles. The molecule has 2 amide bonds. The fraction of sp³-hybridized carbons (Fsp3) is 0.700. The van der Waals surface area contributed by atoms with E-state index in [1.54, 1.807) is 7.05 Å². The Morgan fingerprint density at radius 2 is 1.85 bits per heavy atom. The second-order valence-electron chi connectivity index (χ2n) is 3.92. The second-order valence-corrected chi connectivity index (χ2v) is 3.92. The molecule has 1 saturated heterocycles. The molecule has 0 bridgehead atoms. The fourth-order valence-electron chi connectivity index (χ4n) is 2.34. The maximum atomic E-state index is 11.4. The average Bonchev–Trinajstić information content (AvgIpc) is 2.59. The first-order chi connectivity index (χ1) is 6.31. The van der Waals surface area contributed by atoms with E-state index in [1.807, 2.05) is 4.90 Å². The van der Waals surface area contributed by atoms with E-state index >= 15 is 0 Å². The minimum atomic E-state index is 0.0781. The third-order valence-electron chi connectivity index (χ3n) is 3.12. The summed E-state index contributed by atoms with van der Waals surface area (Å²) in [4.78, 5) is 13.3. The smallest absolute Gasteiger partial charge is 0.317 e. The van der Waals surface area contributed by atoms with E-state index in [0.29, 0.717) is 11.8 Å². The SMILES string of the molecule is CNC(=O)N1CC2CC=CCC2C1. The molecular formula is C10H16N2O. The lowest BCUT2D eigenvalue weighted by molar-refractivity contribution is 0.208. The molecule has 2 rings (SSSR count). The number of allylic oxidation sites excluding steroid dienone is 2. The van der Waals surface area contributed by atoms with Crippen LogP contribution in [0.2, 0.25) is 0 Å². The van der Waals surface area contributed by atoms with Crippen molar-refractivity contribution in [3.63, 3.8) is 0 Å². The van der Waals surface area contributed by atoms with Crippen molar-refractivity contribution in [1.82, 2.24) is 10.2 Å². The molecule has 13 heavy (non-hydrogen) atoms. The Bertz CT molecular complexity index is 221. The Morgan fingerprint density at radius 3 is 2.31 bits per heavy atom. The highest BCUT2D eigenvalue weighted by atomic mass is 16.2. The highest BCUT2D eigenvalue weighted by molar-refractivity contribution is 5.74. The molecule has 0 radical (unpaired) electrons. The number of carbonyl (C=O) groups is 1. The molecule has 1 aliphatic carbocycles. The number of carbonyl (C=O) groups excluding carboxylic acids is 1. The van der Waals surface area contributed by atoms with Crippen molar-refractivity contribution in [2.24, 2.45) is 11.8 Å². The van der Waals surface area contributed by atoms with Crippen molar-refractivity contribution in [3.05, 3.63) is 12.2 Å². The average molecular weight is 180 g/mol. The maximum Gasteiger partial charge on any atom is 0.317 e. The Hall–Kier alpha value is -0.990. The van der Waals surface area contributed by atoms with Gasteiger partial charge in [0.25, 0.3) is 0 Å². The van der Waals surface area contributed by atoms with Crippen LogP contribution in [-0.2, 0) is 0 Å². The Morgan fingerprint density at radius 1 is 1.31 bits per heavy atom. The van der Waals surface area contributed by atoms with E-state index < -0.39 is 0 Å². The van der Waals surface area contributed by atoms with Gasteiger partial charge < -0.3 is 10.2 Å². The van der Waals surface area contributed by atoms with Gasteiger partial charge in [-0.3, -0.25) is 0 Å². The minimum absolute atomic E-state index is 0.0781. The van der Waals surface area contributed by atoms with Crippen molar-refractivity contribution < 1.29 is 4.79 Å². The van der Waals surface area contributed by atoms with E-state index in [1.165, 1.54) is 0 Å². The van der Waals surface area contributed by atoms with Gasteiger partial charge in [0.05, 0.1) is 0 Å². The van der Waals surface area contributed by atoms with Crippen LogP contribution in [0.3, 0.4) is 0 Å². The van der Waals surface area contributed by atoms with Crippen LogP contribution >= 0.6 is 0 Å². The first kappa shape index (κ1) is 8.60. The van der Waals surface area contributed by atoms with Gasteiger partial charge in [-0.25, -0.2) is 4.79 Å². The van der Waals surface area contributed by atoms with Gasteiger partial charge in [0.2, 0.25) is 0 Å². The molecule has 1 fully saturated rings. The van der Waals surface area contributed by atoms with Crippen LogP contribution in [0.25, 0.3) is 0 Å². The third kappa shape index (κ3) is 1.55. The minimum Gasteiger partial charge on any atom is -0.341 e. The predicted molar refractivity (Wildman–Crippen MR) is 51.4 cm³/mol. The van der Waals surface area contributed by atoms with E-state index in [9.17, 15) is 4.79 Å². The largest absolute Gasteiger partial charge is 0.341 e. The summed E-state index contributed by atoms with van der Waals surface area (Å²) in [6.45, 7) is 1.88. The first-order valence-corrected chi connectivity index (χ1v) is 4.93. The Kier molecular flexibility index (Phi) is 2.25. The number of amides is 2. The van der Waals surface area contributed by atoms with Gasteiger partial charge in [-0.15, -0.1) is 0 Å². The van der Waals surface area contributed by atoms with Crippen LogP contribution in [0.5, 0.6) is 0 Å². The summed E-state index contributed by atoms with van der Waals surface area (Å²) in [6.07, 6.45) is 6.79. The molecule has 72 valence electrons. The molecule has 0 aromatic heterocycles. The maximum absolute atomic E-state index is 11.4. The summed E-state index contributed by atoms with van der Waals surface area (Å²) in [6, 6.07) is 0.0781. The summed E-state index contributed by atoms with van der Waals surface area (Å²) in [7, 11) is 1.70. The van der Waals surface area contributed by atoms with Crippen LogP contribution in [0.4, 0.5) is 4.79 Å². The van der Waals surface area contributed by atoms with Crippen molar-refractivity contribution in [3.8, 4) is 0 Å². The lowest BCUT2D eigenvalue weighted by atomic mass is 9.86. The molecule has 2 atom stereocenters. The molecule has 3 heteroatoms. The van der Waals surface area contributed by atoms with Gasteiger partial charge in [-0.2, -0.15) is 0 Å². The summed E-state index contributed by atoms with van der Waals surface area (Å²) >= 11 is 0. The second kappa shape index (κ2) is 3.40. The van der Waals surface area contributed by atoms with Gasteiger partial charge >= 0.3 is 6.03 Å². The zero-order chi connectivity index (χ0) is 9.26. The van der Waals surface area contributed by atoms with Crippen LogP contribution in [0.1, 0.15) is 12.8 Å². The lowest BCUT2D eigenvalue weighted by Gasteiger charge is -2.17. The van der Waals surface area contributed by atoms with E-state index in [4.69, 9.17) is 0 Å². The van der Waals surface area contributed by atoms with Crippen LogP contribution in [-0.4, -0.2) is 31.1 Å². The molecular weight excluding hydrogens is 164 g/mol.